The third kappa shape index (κ3) is 2.88. The minimum atomic E-state index is 0.583. The highest BCUT2D eigenvalue weighted by Gasteiger charge is 2.33. The van der Waals surface area contributed by atoms with Gasteiger partial charge >= 0.3 is 0 Å². The molecular formula is C18H26N2S. The van der Waals surface area contributed by atoms with Crippen LogP contribution in [0.5, 0.6) is 0 Å². The van der Waals surface area contributed by atoms with Gasteiger partial charge in [0.05, 0.1) is 0 Å². The van der Waals surface area contributed by atoms with Gasteiger partial charge in [-0.25, -0.2) is 0 Å². The molecule has 4 rings (SSSR count). The number of hydrogen-bond donors (Lipinski definition) is 1. The SMILES string of the molecule is Cc1ccc2c(c1)[C@H](N[C@H]1CCN3CCC[C@H]3C1)CCS2. The Bertz CT molecular complexity index is 516. The van der Waals surface area contributed by atoms with E-state index >= 15 is 0 Å². The van der Waals surface area contributed by atoms with Gasteiger partial charge in [0.25, 0.3) is 0 Å². The Morgan fingerprint density at radius 1 is 1.19 bits per heavy atom. The van der Waals surface area contributed by atoms with Gasteiger partial charge in [-0.05, 0) is 69.5 Å². The van der Waals surface area contributed by atoms with Gasteiger partial charge in [0.15, 0.2) is 0 Å². The number of aryl methyl sites for hydroxylation is 1. The Hall–Kier alpha value is -0.510. The highest BCUT2D eigenvalue weighted by Crippen LogP contribution is 2.38. The predicted octanol–water partition coefficient (Wildman–Crippen LogP) is 3.75. The molecule has 1 N–H and O–H groups in total. The van der Waals surface area contributed by atoms with E-state index in [1.165, 1.54) is 61.4 Å². The first kappa shape index (κ1) is 14.1. The van der Waals surface area contributed by atoms with Gasteiger partial charge in [-0.2, -0.15) is 0 Å². The van der Waals surface area contributed by atoms with Crippen LogP contribution in [0.15, 0.2) is 23.1 Å². The van der Waals surface area contributed by atoms with Gasteiger partial charge in [-0.15, -0.1) is 11.8 Å². The Morgan fingerprint density at radius 2 is 2.14 bits per heavy atom. The fraction of sp³-hybridized carbons (Fsp3) is 0.667. The number of benzene rings is 1. The third-order valence-corrected chi connectivity index (χ3v) is 6.58. The van der Waals surface area contributed by atoms with Crippen LogP contribution in [0.2, 0.25) is 0 Å². The first-order valence-electron chi connectivity index (χ1n) is 8.53. The molecule has 3 aliphatic heterocycles. The summed E-state index contributed by atoms with van der Waals surface area (Å²) in [5.41, 5.74) is 2.95. The van der Waals surface area contributed by atoms with Gasteiger partial charge in [-0.3, -0.25) is 0 Å². The molecule has 3 aliphatic rings. The fourth-order valence-corrected chi connectivity index (χ4v) is 5.45. The smallest absolute Gasteiger partial charge is 0.0341 e. The molecule has 3 heteroatoms. The van der Waals surface area contributed by atoms with Gasteiger partial charge in [0.1, 0.15) is 0 Å². The molecule has 21 heavy (non-hydrogen) atoms. The molecule has 1 aromatic rings. The van der Waals surface area contributed by atoms with E-state index < -0.39 is 0 Å². The summed E-state index contributed by atoms with van der Waals surface area (Å²) >= 11 is 2.03. The zero-order valence-electron chi connectivity index (χ0n) is 13.0. The number of fused-ring (bicyclic) bond motifs is 2. The maximum atomic E-state index is 4.01. The van der Waals surface area contributed by atoms with E-state index in [1.54, 1.807) is 5.56 Å². The summed E-state index contributed by atoms with van der Waals surface area (Å²) in [7, 11) is 0. The van der Waals surface area contributed by atoms with Gasteiger partial charge in [0.2, 0.25) is 0 Å². The molecule has 0 bridgehead atoms. The number of rotatable bonds is 2. The van der Waals surface area contributed by atoms with Crippen molar-refractivity contribution in [3.05, 3.63) is 29.3 Å². The van der Waals surface area contributed by atoms with Crippen molar-refractivity contribution in [3.63, 3.8) is 0 Å². The van der Waals surface area contributed by atoms with Crippen molar-refractivity contribution < 1.29 is 0 Å². The molecule has 0 saturated carbocycles. The van der Waals surface area contributed by atoms with E-state index in [1.807, 2.05) is 11.8 Å². The van der Waals surface area contributed by atoms with Crippen molar-refractivity contribution >= 4 is 11.8 Å². The zero-order chi connectivity index (χ0) is 14.2. The van der Waals surface area contributed by atoms with E-state index in [9.17, 15) is 0 Å². The second-order valence-corrected chi connectivity index (χ2v) is 8.09. The maximum absolute atomic E-state index is 4.01. The van der Waals surface area contributed by atoms with Gasteiger partial charge in [0, 0.05) is 23.0 Å². The standard InChI is InChI=1S/C18H26N2S/c1-13-4-5-18-16(11-13)17(7-10-21-18)19-14-6-9-20-8-2-3-15(20)12-14/h4-5,11,14-15,17,19H,2-3,6-10,12H2,1H3/t14-,15-,17+/m0/s1. The van der Waals surface area contributed by atoms with Crippen molar-refractivity contribution in [1.82, 2.24) is 10.2 Å². The maximum Gasteiger partial charge on any atom is 0.0341 e. The molecular weight excluding hydrogens is 276 g/mol. The summed E-state index contributed by atoms with van der Waals surface area (Å²) in [6.45, 7) is 4.87. The van der Waals surface area contributed by atoms with E-state index in [4.69, 9.17) is 0 Å². The molecule has 0 unspecified atom stereocenters. The molecule has 3 heterocycles. The molecule has 0 radical (unpaired) electrons. The lowest BCUT2D eigenvalue weighted by molar-refractivity contribution is 0.160. The van der Waals surface area contributed by atoms with Crippen LogP contribution in [0.1, 0.15) is 49.3 Å². The van der Waals surface area contributed by atoms with Crippen LogP contribution in [0, 0.1) is 6.92 Å². The second-order valence-electron chi connectivity index (χ2n) is 6.95. The lowest BCUT2D eigenvalue weighted by Crippen LogP contribution is -2.46. The minimum Gasteiger partial charge on any atom is -0.307 e. The highest BCUT2D eigenvalue weighted by atomic mass is 32.2. The Labute approximate surface area is 132 Å². The number of piperidine rings is 1. The number of nitrogens with zero attached hydrogens (tertiary/aromatic N) is 1. The molecule has 3 atom stereocenters. The Balaban J connectivity index is 1.47. The van der Waals surface area contributed by atoms with Crippen molar-refractivity contribution in [3.8, 4) is 0 Å². The van der Waals surface area contributed by atoms with Crippen LogP contribution in [0.4, 0.5) is 0 Å². The molecule has 0 spiro atoms. The van der Waals surface area contributed by atoms with Crippen LogP contribution >= 0.6 is 11.8 Å². The summed E-state index contributed by atoms with van der Waals surface area (Å²) in [6.07, 6.45) is 6.83. The van der Waals surface area contributed by atoms with Crippen LogP contribution in [-0.4, -0.2) is 35.8 Å². The summed E-state index contributed by atoms with van der Waals surface area (Å²) < 4.78 is 0. The van der Waals surface area contributed by atoms with Gasteiger partial charge in [-0.1, -0.05) is 17.7 Å². The first-order chi connectivity index (χ1) is 10.3. The topological polar surface area (TPSA) is 15.3 Å². The van der Waals surface area contributed by atoms with E-state index in [0.29, 0.717) is 6.04 Å². The number of nitrogens with one attached hydrogen (secondary N) is 1. The van der Waals surface area contributed by atoms with Gasteiger partial charge < -0.3 is 10.2 Å². The average molecular weight is 302 g/mol. The molecule has 2 nitrogen and oxygen atoms in total. The lowest BCUT2D eigenvalue weighted by atomic mass is 9.94. The normalized spacial score (nSPS) is 32.7. The molecule has 1 aromatic carbocycles. The molecule has 2 saturated heterocycles. The summed E-state index contributed by atoms with van der Waals surface area (Å²) in [4.78, 5) is 4.22. The Morgan fingerprint density at radius 3 is 3.10 bits per heavy atom. The third-order valence-electron chi connectivity index (χ3n) is 5.46. The van der Waals surface area contributed by atoms with E-state index in [2.05, 4.69) is 35.3 Å². The zero-order valence-corrected chi connectivity index (χ0v) is 13.8. The van der Waals surface area contributed by atoms with Crippen LogP contribution < -0.4 is 5.32 Å². The summed E-state index contributed by atoms with van der Waals surface area (Å²) in [5.74, 6) is 1.26. The summed E-state index contributed by atoms with van der Waals surface area (Å²) in [6, 6.07) is 9.16. The Kier molecular flexibility index (Phi) is 3.99. The molecule has 2 fully saturated rings. The average Bonchev–Trinajstić information content (AvgIpc) is 2.95. The molecule has 0 amide bonds. The van der Waals surface area contributed by atoms with Crippen molar-refractivity contribution in [2.45, 2.75) is 62.0 Å². The largest absolute Gasteiger partial charge is 0.307 e. The van der Waals surface area contributed by atoms with E-state index in [-0.39, 0.29) is 0 Å². The fourth-order valence-electron chi connectivity index (χ4n) is 4.35. The summed E-state index contributed by atoms with van der Waals surface area (Å²) in [5, 5.41) is 4.01. The lowest BCUT2D eigenvalue weighted by Gasteiger charge is -2.38. The van der Waals surface area contributed by atoms with Crippen LogP contribution in [0.3, 0.4) is 0 Å². The van der Waals surface area contributed by atoms with Crippen molar-refractivity contribution in [2.24, 2.45) is 0 Å². The minimum absolute atomic E-state index is 0.583. The number of hydrogen-bond acceptors (Lipinski definition) is 3. The second kappa shape index (κ2) is 5.94. The molecule has 0 aliphatic carbocycles. The predicted molar refractivity (Wildman–Crippen MR) is 90.0 cm³/mol. The first-order valence-corrected chi connectivity index (χ1v) is 9.51. The van der Waals surface area contributed by atoms with Crippen molar-refractivity contribution in [2.75, 3.05) is 18.8 Å². The molecule has 0 aromatic heterocycles. The molecule has 114 valence electrons. The number of thioether (sulfide) groups is 1. The highest BCUT2D eigenvalue weighted by molar-refractivity contribution is 7.99. The quantitative estimate of drug-likeness (QED) is 0.896. The van der Waals surface area contributed by atoms with E-state index in [0.717, 1.165) is 12.1 Å². The monoisotopic (exact) mass is 302 g/mol. The van der Waals surface area contributed by atoms with Crippen LogP contribution in [-0.2, 0) is 0 Å². The van der Waals surface area contributed by atoms with Crippen LogP contribution in [0.25, 0.3) is 0 Å². The van der Waals surface area contributed by atoms with Crippen molar-refractivity contribution in [1.29, 1.82) is 0 Å².